The molecule has 0 saturated carbocycles. The van der Waals surface area contributed by atoms with Crippen LogP contribution in [0.5, 0.6) is 5.75 Å². The topological polar surface area (TPSA) is 55.8 Å². The predicted octanol–water partition coefficient (Wildman–Crippen LogP) is 3.34. The average Bonchev–Trinajstić information content (AvgIpc) is 2.79. The molecule has 0 atom stereocenters. The van der Waals surface area contributed by atoms with Crippen LogP contribution in [0.15, 0.2) is 42.5 Å². The maximum atomic E-state index is 13.9. The highest BCUT2D eigenvalue weighted by Crippen LogP contribution is 2.24. The molecule has 2 aromatic rings. The highest BCUT2D eigenvalue weighted by atomic mass is 19.1. The summed E-state index contributed by atoms with van der Waals surface area (Å²) in [5.74, 6) is -1.11. The number of carbonyl (C=O) groups is 2. The van der Waals surface area contributed by atoms with E-state index in [-0.39, 0.29) is 29.4 Å². The first-order chi connectivity index (χ1) is 11.5. The maximum absolute atomic E-state index is 13.9. The van der Waals surface area contributed by atoms with E-state index < -0.39 is 17.6 Å². The van der Waals surface area contributed by atoms with E-state index in [2.05, 4.69) is 0 Å². The van der Waals surface area contributed by atoms with Crippen molar-refractivity contribution >= 4 is 11.8 Å². The molecule has 0 bridgehead atoms. The van der Waals surface area contributed by atoms with Crippen LogP contribution in [0.2, 0.25) is 0 Å². The molecule has 0 fully saturated rings. The van der Waals surface area contributed by atoms with Gasteiger partial charge in [-0.25, -0.2) is 4.39 Å². The van der Waals surface area contributed by atoms with Gasteiger partial charge in [-0.3, -0.25) is 14.4 Å². The number of halogens is 1. The Morgan fingerprint density at radius 2 is 1.67 bits per heavy atom. The van der Waals surface area contributed by atoms with Crippen molar-refractivity contribution in [3.8, 4) is 5.75 Å². The summed E-state index contributed by atoms with van der Waals surface area (Å²) in [4.78, 5) is 29.7. The van der Waals surface area contributed by atoms with Gasteiger partial charge in [0.15, 0.2) is 0 Å². The second-order valence-electron chi connectivity index (χ2n) is 5.64. The molecule has 5 nitrogen and oxygen atoms in total. The van der Waals surface area contributed by atoms with Gasteiger partial charge in [0.2, 0.25) is 0 Å². The fourth-order valence-electron chi connectivity index (χ4n) is 2.43. The monoisotopic (exact) mass is 329 g/mol. The molecule has 0 spiro atoms. The van der Waals surface area contributed by atoms with Crippen molar-refractivity contribution in [2.75, 3.05) is 0 Å². The zero-order chi connectivity index (χ0) is 17.3. The summed E-state index contributed by atoms with van der Waals surface area (Å²) in [7, 11) is 0. The van der Waals surface area contributed by atoms with Crippen molar-refractivity contribution in [2.45, 2.75) is 26.6 Å². The highest BCUT2D eigenvalue weighted by Gasteiger charge is 2.36. The first-order valence-electron chi connectivity index (χ1n) is 7.53. The number of hydroxylamine groups is 2. The number of fused-ring (bicyclic) bond motifs is 1. The van der Waals surface area contributed by atoms with Crippen molar-refractivity contribution in [3.63, 3.8) is 0 Å². The van der Waals surface area contributed by atoms with Crippen LogP contribution >= 0.6 is 0 Å². The Balaban J connectivity index is 1.75. The molecule has 3 rings (SSSR count). The van der Waals surface area contributed by atoms with Crippen molar-refractivity contribution in [1.82, 2.24) is 5.06 Å². The first kappa shape index (κ1) is 16.1. The first-order valence-corrected chi connectivity index (χ1v) is 7.53. The van der Waals surface area contributed by atoms with E-state index in [9.17, 15) is 14.0 Å². The van der Waals surface area contributed by atoms with Crippen LogP contribution in [0.1, 0.15) is 40.1 Å². The molecule has 24 heavy (non-hydrogen) atoms. The molecule has 0 saturated heterocycles. The van der Waals surface area contributed by atoms with E-state index in [1.54, 1.807) is 24.3 Å². The van der Waals surface area contributed by atoms with Crippen molar-refractivity contribution in [2.24, 2.45) is 0 Å². The summed E-state index contributed by atoms with van der Waals surface area (Å²) in [6, 6.07) is 10.7. The Morgan fingerprint density at radius 3 is 2.25 bits per heavy atom. The second-order valence-corrected chi connectivity index (χ2v) is 5.64. The predicted molar refractivity (Wildman–Crippen MR) is 83.9 cm³/mol. The number of benzene rings is 2. The molecule has 1 aliphatic heterocycles. The van der Waals surface area contributed by atoms with Gasteiger partial charge in [-0.2, -0.15) is 0 Å². The van der Waals surface area contributed by atoms with Crippen molar-refractivity contribution in [1.29, 1.82) is 0 Å². The fraction of sp³-hybridized carbons (Fsp3) is 0.222. The fourth-order valence-corrected chi connectivity index (χ4v) is 2.43. The minimum Gasteiger partial charge on any atom is -0.491 e. The van der Waals surface area contributed by atoms with E-state index in [4.69, 9.17) is 9.57 Å². The Morgan fingerprint density at radius 1 is 1.04 bits per heavy atom. The highest BCUT2D eigenvalue weighted by molar-refractivity contribution is 6.20. The van der Waals surface area contributed by atoms with E-state index in [1.165, 1.54) is 18.2 Å². The van der Waals surface area contributed by atoms with Gasteiger partial charge < -0.3 is 4.74 Å². The molecule has 0 aromatic heterocycles. The summed E-state index contributed by atoms with van der Waals surface area (Å²) in [5.41, 5.74) is 0.754. The summed E-state index contributed by atoms with van der Waals surface area (Å²) >= 11 is 0. The standard InChI is InChI=1S/C18H16FNO4/c1-11(2)24-13-7-8-16(19)12(9-13)10-23-20-17(21)14-5-3-4-6-15(14)18(20)22/h3-9,11H,10H2,1-2H3. The minimum atomic E-state index is -0.550. The number of ether oxygens (including phenoxy) is 1. The molecule has 0 unspecified atom stereocenters. The van der Waals surface area contributed by atoms with E-state index in [0.29, 0.717) is 10.8 Å². The largest absolute Gasteiger partial charge is 0.491 e. The van der Waals surface area contributed by atoms with Crippen molar-refractivity contribution < 1.29 is 23.6 Å². The lowest BCUT2D eigenvalue weighted by atomic mass is 10.1. The quantitative estimate of drug-likeness (QED) is 0.790. The molecule has 6 heteroatoms. The third-order valence-corrected chi connectivity index (χ3v) is 3.49. The second kappa shape index (κ2) is 6.41. The molecule has 0 aliphatic carbocycles. The molecule has 1 heterocycles. The zero-order valence-electron chi connectivity index (χ0n) is 13.3. The van der Waals surface area contributed by atoms with Gasteiger partial charge in [0.1, 0.15) is 18.2 Å². The van der Waals surface area contributed by atoms with Gasteiger partial charge in [-0.1, -0.05) is 12.1 Å². The molecule has 124 valence electrons. The Kier molecular flexibility index (Phi) is 4.31. The lowest BCUT2D eigenvalue weighted by molar-refractivity contribution is -0.101. The van der Waals surface area contributed by atoms with Crippen LogP contribution in [0.4, 0.5) is 4.39 Å². The lowest BCUT2D eigenvalue weighted by Gasteiger charge is -2.15. The minimum absolute atomic E-state index is 0.0551. The van der Waals surface area contributed by atoms with Gasteiger partial charge in [-0.15, -0.1) is 5.06 Å². The van der Waals surface area contributed by atoms with Crippen LogP contribution in [-0.4, -0.2) is 23.0 Å². The maximum Gasteiger partial charge on any atom is 0.285 e. The normalized spacial score (nSPS) is 13.6. The smallest absolute Gasteiger partial charge is 0.285 e. The van der Waals surface area contributed by atoms with Gasteiger partial charge in [0.25, 0.3) is 11.8 Å². The summed E-state index contributed by atoms with van der Waals surface area (Å²) in [5, 5.41) is 0.667. The number of imide groups is 1. The molecule has 2 aromatic carbocycles. The Labute approximate surface area is 138 Å². The van der Waals surface area contributed by atoms with Crippen LogP contribution < -0.4 is 4.74 Å². The number of amides is 2. The van der Waals surface area contributed by atoms with E-state index in [0.717, 1.165) is 0 Å². The van der Waals surface area contributed by atoms with Crippen LogP contribution in [0, 0.1) is 5.82 Å². The number of carbonyl (C=O) groups excluding carboxylic acids is 2. The molecule has 0 radical (unpaired) electrons. The van der Waals surface area contributed by atoms with E-state index in [1.807, 2.05) is 13.8 Å². The number of hydrogen-bond donors (Lipinski definition) is 0. The van der Waals surface area contributed by atoms with Gasteiger partial charge in [0, 0.05) is 5.56 Å². The third kappa shape index (κ3) is 3.00. The van der Waals surface area contributed by atoms with E-state index >= 15 is 0 Å². The average molecular weight is 329 g/mol. The number of hydrogen-bond acceptors (Lipinski definition) is 4. The van der Waals surface area contributed by atoms with Crippen LogP contribution in [0.3, 0.4) is 0 Å². The van der Waals surface area contributed by atoms with Gasteiger partial charge in [-0.05, 0) is 44.2 Å². The van der Waals surface area contributed by atoms with Crippen LogP contribution in [-0.2, 0) is 11.4 Å². The number of rotatable bonds is 5. The zero-order valence-corrected chi connectivity index (χ0v) is 13.3. The summed E-state index contributed by atoms with van der Waals surface area (Å²) in [6.07, 6.45) is -0.0551. The summed E-state index contributed by atoms with van der Waals surface area (Å²) in [6.45, 7) is 3.46. The van der Waals surface area contributed by atoms with Crippen LogP contribution in [0.25, 0.3) is 0 Å². The SMILES string of the molecule is CC(C)Oc1ccc(F)c(CON2C(=O)c3ccccc3C2=O)c1. The number of nitrogens with zero attached hydrogens (tertiary/aromatic N) is 1. The molecular weight excluding hydrogens is 313 g/mol. The molecular formula is C18H16FNO4. The lowest BCUT2D eigenvalue weighted by Crippen LogP contribution is -2.29. The summed E-state index contributed by atoms with van der Waals surface area (Å²) < 4.78 is 19.4. The van der Waals surface area contributed by atoms with Gasteiger partial charge >= 0.3 is 0 Å². The van der Waals surface area contributed by atoms with Gasteiger partial charge in [0.05, 0.1) is 17.2 Å². The van der Waals surface area contributed by atoms with Crippen molar-refractivity contribution in [3.05, 3.63) is 65.0 Å². The third-order valence-electron chi connectivity index (χ3n) is 3.49. The Hall–Kier alpha value is -2.73. The Bertz CT molecular complexity index is 768. The molecule has 0 N–H and O–H groups in total. The molecule has 1 aliphatic rings. The molecule has 2 amide bonds.